The van der Waals surface area contributed by atoms with E-state index in [0.29, 0.717) is 37.2 Å². The summed E-state index contributed by atoms with van der Waals surface area (Å²) in [7, 11) is 0. The van der Waals surface area contributed by atoms with Crippen LogP contribution in [0.4, 0.5) is 0 Å². The second-order valence-electron chi connectivity index (χ2n) is 8.46. The van der Waals surface area contributed by atoms with E-state index in [0.717, 1.165) is 22.6 Å². The molecule has 35 heavy (non-hydrogen) atoms. The first-order valence-electron chi connectivity index (χ1n) is 11.8. The van der Waals surface area contributed by atoms with Crippen LogP contribution in [0, 0.1) is 0 Å². The molecule has 4 rings (SSSR count). The monoisotopic (exact) mass is 475 g/mol. The van der Waals surface area contributed by atoms with Gasteiger partial charge in [0, 0.05) is 32.9 Å². The van der Waals surface area contributed by atoms with E-state index in [9.17, 15) is 19.5 Å². The molecule has 1 unspecified atom stereocenters. The van der Waals surface area contributed by atoms with Crippen LogP contribution in [0.25, 0.3) is 11.1 Å². The quantitative estimate of drug-likeness (QED) is 0.521. The molecule has 0 fully saturated rings. The maximum Gasteiger partial charge on any atom is 0.336 e. The van der Waals surface area contributed by atoms with Gasteiger partial charge >= 0.3 is 11.9 Å². The number of carboxylic acids is 1. The minimum atomic E-state index is -0.970. The third kappa shape index (κ3) is 4.69. The Bertz CT molecular complexity index is 1260. The maximum atomic E-state index is 13.0. The lowest BCUT2D eigenvalue weighted by Gasteiger charge is -2.34. The number of carbonyl (C=O) groups excluding carboxylic acids is 2. The fraction of sp³-hybridized carbons (Fsp3) is 0.333. The van der Waals surface area contributed by atoms with Crippen LogP contribution in [0.2, 0.25) is 0 Å². The average molecular weight is 476 g/mol. The number of benzene rings is 2. The molecular formula is C27H29N3O5. The number of nitrogens with zero attached hydrogens (tertiary/aromatic N) is 3. The Hall–Kier alpha value is -3.94. The smallest absolute Gasteiger partial charge is 0.336 e. The molecule has 8 nitrogen and oxygen atoms in total. The molecule has 0 bridgehead atoms. The van der Waals surface area contributed by atoms with Crippen LogP contribution in [0.1, 0.15) is 59.9 Å². The summed E-state index contributed by atoms with van der Waals surface area (Å²) < 4.78 is 7.36. The SMILES string of the molecule is CCOC(=O)C1c2c(nc(CC)n2Cc2ccc(-c3ccccc3C(=O)O)cc2)CCN1C(C)=O. The first-order chi connectivity index (χ1) is 16.8. The van der Waals surface area contributed by atoms with Gasteiger partial charge in [-0.05, 0) is 29.7 Å². The van der Waals surface area contributed by atoms with Gasteiger partial charge in [0.2, 0.25) is 5.91 Å². The number of imidazole rings is 1. The number of amides is 1. The van der Waals surface area contributed by atoms with Crippen LogP contribution < -0.4 is 0 Å². The highest BCUT2D eigenvalue weighted by Crippen LogP contribution is 2.33. The van der Waals surface area contributed by atoms with Crippen LogP contribution in [-0.2, 0) is 33.7 Å². The van der Waals surface area contributed by atoms with Crippen molar-refractivity contribution in [2.24, 2.45) is 0 Å². The fourth-order valence-electron chi connectivity index (χ4n) is 4.70. The lowest BCUT2D eigenvalue weighted by Crippen LogP contribution is -2.44. The van der Waals surface area contributed by atoms with Gasteiger partial charge in [0.25, 0.3) is 0 Å². The van der Waals surface area contributed by atoms with Crippen molar-refractivity contribution >= 4 is 17.8 Å². The number of rotatable bonds is 7. The molecule has 0 radical (unpaired) electrons. The van der Waals surface area contributed by atoms with Gasteiger partial charge in [-0.3, -0.25) is 4.79 Å². The molecule has 0 saturated heterocycles. The zero-order chi connectivity index (χ0) is 25.1. The Morgan fingerprint density at radius 3 is 2.43 bits per heavy atom. The average Bonchev–Trinajstić information content (AvgIpc) is 3.21. The first-order valence-corrected chi connectivity index (χ1v) is 11.8. The van der Waals surface area contributed by atoms with Crippen molar-refractivity contribution in [1.29, 1.82) is 0 Å². The second kappa shape index (κ2) is 10.1. The van der Waals surface area contributed by atoms with Crippen LogP contribution in [0.5, 0.6) is 0 Å². The summed E-state index contributed by atoms with van der Waals surface area (Å²) in [6, 6.07) is 13.8. The van der Waals surface area contributed by atoms with Gasteiger partial charge < -0.3 is 19.3 Å². The van der Waals surface area contributed by atoms with E-state index in [1.54, 1.807) is 30.0 Å². The number of fused-ring (bicyclic) bond motifs is 1. The third-order valence-corrected chi connectivity index (χ3v) is 6.32. The van der Waals surface area contributed by atoms with Gasteiger partial charge in [-0.25, -0.2) is 14.6 Å². The summed E-state index contributed by atoms with van der Waals surface area (Å²) in [5.41, 5.74) is 4.21. The Labute approximate surface area is 204 Å². The van der Waals surface area contributed by atoms with Crippen LogP contribution in [0.15, 0.2) is 48.5 Å². The Morgan fingerprint density at radius 1 is 1.09 bits per heavy atom. The van der Waals surface area contributed by atoms with Gasteiger partial charge in [0.15, 0.2) is 6.04 Å². The predicted molar refractivity (Wildman–Crippen MR) is 130 cm³/mol. The largest absolute Gasteiger partial charge is 0.478 e. The summed E-state index contributed by atoms with van der Waals surface area (Å²) in [6.45, 7) is 6.34. The van der Waals surface area contributed by atoms with E-state index in [2.05, 4.69) is 0 Å². The number of carboxylic acid groups (broad SMARTS) is 1. The second-order valence-corrected chi connectivity index (χ2v) is 8.46. The molecule has 182 valence electrons. The van der Waals surface area contributed by atoms with Crippen molar-refractivity contribution in [2.45, 2.75) is 46.2 Å². The van der Waals surface area contributed by atoms with E-state index in [-0.39, 0.29) is 18.1 Å². The normalized spacial score (nSPS) is 14.9. The Balaban J connectivity index is 1.72. The number of hydrogen-bond donors (Lipinski definition) is 1. The van der Waals surface area contributed by atoms with E-state index >= 15 is 0 Å². The van der Waals surface area contributed by atoms with Crippen molar-refractivity contribution in [3.05, 3.63) is 76.9 Å². The van der Waals surface area contributed by atoms with Crippen molar-refractivity contribution in [1.82, 2.24) is 14.5 Å². The van der Waals surface area contributed by atoms with Crippen molar-refractivity contribution in [3.63, 3.8) is 0 Å². The molecule has 1 aliphatic heterocycles. The molecule has 2 aromatic carbocycles. The number of aromatic carboxylic acids is 1. The summed E-state index contributed by atoms with van der Waals surface area (Å²) >= 11 is 0. The first kappa shape index (κ1) is 24.2. The summed E-state index contributed by atoms with van der Waals surface area (Å²) in [4.78, 5) is 43.3. The molecule has 0 saturated carbocycles. The Morgan fingerprint density at radius 2 is 1.80 bits per heavy atom. The van der Waals surface area contributed by atoms with Gasteiger partial charge in [0.05, 0.1) is 23.6 Å². The predicted octanol–water partition coefficient (Wildman–Crippen LogP) is 3.87. The number of carbonyl (C=O) groups is 3. The number of aryl methyl sites for hydroxylation is 1. The Kier molecular flexibility index (Phi) is 7.00. The highest BCUT2D eigenvalue weighted by atomic mass is 16.5. The molecule has 3 aromatic rings. The number of ether oxygens (including phenoxy) is 1. The van der Waals surface area contributed by atoms with Crippen molar-refractivity contribution < 1.29 is 24.2 Å². The van der Waals surface area contributed by atoms with Crippen molar-refractivity contribution in [3.8, 4) is 11.1 Å². The van der Waals surface area contributed by atoms with E-state index in [1.807, 2.05) is 41.8 Å². The molecular weight excluding hydrogens is 446 g/mol. The van der Waals surface area contributed by atoms with E-state index < -0.39 is 18.0 Å². The van der Waals surface area contributed by atoms with Crippen LogP contribution in [-0.4, -0.2) is 50.6 Å². The van der Waals surface area contributed by atoms with Gasteiger partial charge in [0.1, 0.15) is 5.82 Å². The topological polar surface area (TPSA) is 102 Å². The highest BCUT2D eigenvalue weighted by molar-refractivity contribution is 5.96. The molecule has 0 aliphatic carbocycles. The molecule has 1 atom stereocenters. The van der Waals surface area contributed by atoms with E-state index in [4.69, 9.17) is 9.72 Å². The molecule has 2 heterocycles. The summed E-state index contributed by atoms with van der Waals surface area (Å²) in [5, 5.41) is 9.52. The lowest BCUT2D eigenvalue weighted by molar-refractivity contribution is -0.155. The van der Waals surface area contributed by atoms with Crippen LogP contribution in [0.3, 0.4) is 0 Å². The molecule has 8 heteroatoms. The molecule has 0 spiro atoms. The van der Waals surface area contributed by atoms with Crippen molar-refractivity contribution in [2.75, 3.05) is 13.2 Å². The van der Waals surface area contributed by atoms with E-state index in [1.165, 1.54) is 6.92 Å². The fourth-order valence-corrected chi connectivity index (χ4v) is 4.70. The molecule has 1 N–H and O–H groups in total. The zero-order valence-electron chi connectivity index (χ0n) is 20.2. The van der Waals surface area contributed by atoms with Gasteiger partial charge in [-0.2, -0.15) is 0 Å². The zero-order valence-corrected chi connectivity index (χ0v) is 20.2. The summed E-state index contributed by atoms with van der Waals surface area (Å²) in [6.07, 6.45) is 1.25. The minimum absolute atomic E-state index is 0.180. The van der Waals surface area contributed by atoms with Crippen LogP contribution >= 0.6 is 0 Å². The third-order valence-electron chi connectivity index (χ3n) is 6.32. The lowest BCUT2D eigenvalue weighted by atomic mass is 9.98. The standard InChI is InChI=1S/C27H29N3O5/c1-4-23-28-22-14-15-29(17(3)31)25(27(34)35-5-2)24(22)30(23)16-18-10-12-19(13-11-18)20-8-6-7-9-21(20)26(32)33/h6-13,25H,4-5,14-16H2,1-3H3,(H,32,33). The van der Waals surface area contributed by atoms with Gasteiger partial charge in [-0.15, -0.1) is 0 Å². The molecule has 1 amide bonds. The highest BCUT2D eigenvalue weighted by Gasteiger charge is 2.40. The molecule has 1 aromatic heterocycles. The minimum Gasteiger partial charge on any atom is -0.478 e. The number of hydrogen-bond acceptors (Lipinski definition) is 5. The van der Waals surface area contributed by atoms with Gasteiger partial charge in [-0.1, -0.05) is 49.4 Å². The molecule has 1 aliphatic rings. The number of esters is 1. The summed E-state index contributed by atoms with van der Waals surface area (Å²) in [5.74, 6) is -0.758. The maximum absolute atomic E-state index is 13.0. The number of aromatic nitrogens is 2.